The average Bonchev–Trinajstić information content (AvgIpc) is 3.34. The van der Waals surface area contributed by atoms with Crippen LogP contribution in [0, 0.1) is 23.7 Å². The molecule has 0 amide bonds. The van der Waals surface area contributed by atoms with Gasteiger partial charge in [-0.2, -0.15) is 0 Å². The molecule has 0 aromatic rings. The van der Waals surface area contributed by atoms with Crippen molar-refractivity contribution in [1.82, 2.24) is 0 Å². The fourth-order valence-corrected chi connectivity index (χ4v) is 8.75. The molecule has 0 spiro atoms. The Hall–Kier alpha value is -0.970. The van der Waals surface area contributed by atoms with Crippen LogP contribution in [-0.2, 0) is 38.0 Å². The Bertz CT molecular complexity index is 1100. The molecule has 0 radical (unpaired) electrons. The molecule has 4 aliphatic rings. The fourth-order valence-electron chi connectivity index (χ4n) is 8.75. The molecule has 0 aromatic heterocycles. The van der Waals surface area contributed by atoms with Crippen LogP contribution < -0.4 is 5.73 Å². The van der Waals surface area contributed by atoms with Crippen molar-refractivity contribution in [3.05, 3.63) is 0 Å². The van der Waals surface area contributed by atoms with Crippen molar-refractivity contribution >= 4 is 5.97 Å². The molecule has 19 atom stereocenters. The van der Waals surface area contributed by atoms with E-state index in [4.69, 9.17) is 38.9 Å². The van der Waals surface area contributed by atoms with Gasteiger partial charge in [0.25, 0.3) is 0 Å². The number of esters is 1. The zero-order chi connectivity index (χ0) is 36.1. The van der Waals surface area contributed by atoms with E-state index < -0.39 is 108 Å². The molecule has 2 bridgehead atoms. The van der Waals surface area contributed by atoms with Gasteiger partial charge in [0.2, 0.25) is 0 Å². The van der Waals surface area contributed by atoms with E-state index in [1.165, 1.54) is 14.0 Å². The lowest BCUT2D eigenvalue weighted by Gasteiger charge is -2.48. The number of hydrogen-bond donors (Lipinski definition) is 5. The van der Waals surface area contributed by atoms with E-state index in [-0.39, 0.29) is 24.9 Å². The van der Waals surface area contributed by atoms with Crippen molar-refractivity contribution in [3.63, 3.8) is 0 Å². The molecule has 4 rings (SSSR count). The Kier molecular flexibility index (Phi) is 12.4. The van der Waals surface area contributed by atoms with Gasteiger partial charge in [-0.1, -0.05) is 27.7 Å². The quantitative estimate of drug-likeness (QED) is 0.233. The van der Waals surface area contributed by atoms with Crippen LogP contribution in [-0.4, -0.2) is 124 Å². The maximum atomic E-state index is 14.2. The molecule has 48 heavy (non-hydrogen) atoms. The van der Waals surface area contributed by atoms with E-state index >= 15 is 0 Å². The highest BCUT2D eigenvalue weighted by molar-refractivity contribution is 5.73. The van der Waals surface area contributed by atoms with Gasteiger partial charge in [0, 0.05) is 31.4 Å². The second kappa shape index (κ2) is 14.9. The summed E-state index contributed by atoms with van der Waals surface area (Å²) >= 11 is 0. The molecule has 4 saturated heterocycles. The van der Waals surface area contributed by atoms with Crippen molar-refractivity contribution in [2.75, 3.05) is 7.11 Å². The minimum absolute atomic E-state index is 0.0694. The molecule has 7 unspecified atom stereocenters. The minimum atomic E-state index is -1.79. The molecular weight excluding hydrogens is 626 g/mol. The Morgan fingerprint density at radius 2 is 1.69 bits per heavy atom. The number of aliphatic hydroxyl groups excluding tert-OH is 3. The third-order valence-corrected chi connectivity index (χ3v) is 11.8. The third-order valence-electron chi connectivity index (χ3n) is 11.8. The van der Waals surface area contributed by atoms with E-state index in [0.717, 1.165) is 0 Å². The van der Waals surface area contributed by atoms with Crippen molar-refractivity contribution in [2.24, 2.45) is 29.4 Å². The van der Waals surface area contributed by atoms with Crippen LogP contribution in [0.4, 0.5) is 0 Å². The maximum absolute atomic E-state index is 14.2. The standard InChI is InChI=1S/C35H63NO12/c1-12-23(37)35(10,41)30-18(4)26-16(2)14-34(9,48-26)29(47-32-25(38)22(36)13-17(3)43-32)19(5)27(20(6)31(40)46-30)45-24-15-33(8,42-11)28(39)21(7)44-24/h16-30,32,37-39,41H,12-15,36H2,1-11H3/t16?,17?,18-,19-,20+,21?,22?,23+,24-,25?,26?,27-,28-,29+,30+,32-,33?,34-,35+/m0/s1. The number of carbonyl (C=O) groups is 1. The molecule has 4 heterocycles. The van der Waals surface area contributed by atoms with E-state index in [2.05, 4.69) is 0 Å². The number of cyclic esters (lactones) is 1. The predicted octanol–water partition coefficient (Wildman–Crippen LogP) is 2.02. The number of nitrogens with two attached hydrogens (primary N) is 1. The summed E-state index contributed by atoms with van der Waals surface area (Å²) in [6.07, 6.45) is -7.92. The van der Waals surface area contributed by atoms with Crippen LogP contribution in [0.3, 0.4) is 0 Å². The summed E-state index contributed by atoms with van der Waals surface area (Å²) in [4.78, 5) is 14.2. The summed E-state index contributed by atoms with van der Waals surface area (Å²) < 4.78 is 44.5. The van der Waals surface area contributed by atoms with E-state index in [1.54, 1.807) is 27.7 Å². The van der Waals surface area contributed by atoms with Crippen LogP contribution >= 0.6 is 0 Å². The zero-order valence-corrected chi connectivity index (χ0v) is 30.7. The lowest BCUT2D eigenvalue weighted by atomic mass is 9.76. The van der Waals surface area contributed by atoms with Crippen LogP contribution in [0.2, 0.25) is 0 Å². The average molecular weight is 690 g/mol. The highest BCUT2D eigenvalue weighted by atomic mass is 16.7. The highest BCUT2D eigenvalue weighted by Gasteiger charge is 2.58. The van der Waals surface area contributed by atoms with Crippen molar-refractivity contribution in [2.45, 2.75) is 185 Å². The van der Waals surface area contributed by atoms with Gasteiger partial charge in [-0.05, 0) is 66.7 Å². The summed E-state index contributed by atoms with van der Waals surface area (Å²) in [5.74, 6) is -2.74. The lowest BCUT2D eigenvalue weighted by molar-refractivity contribution is -0.315. The number of ether oxygens (including phenoxy) is 7. The van der Waals surface area contributed by atoms with Crippen molar-refractivity contribution < 1.29 is 58.4 Å². The number of carbonyl (C=O) groups excluding carboxylic acids is 1. The van der Waals surface area contributed by atoms with Gasteiger partial charge in [-0.3, -0.25) is 4.79 Å². The topological polar surface area (TPSA) is 189 Å². The van der Waals surface area contributed by atoms with Gasteiger partial charge in [0.1, 0.15) is 23.9 Å². The first kappa shape index (κ1) is 39.8. The Labute approximate surface area is 286 Å². The van der Waals surface area contributed by atoms with Gasteiger partial charge in [0.15, 0.2) is 12.6 Å². The number of aliphatic hydroxyl groups is 4. The monoisotopic (exact) mass is 689 g/mol. The molecule has 280 valence electrons. The molecule has 13 nitrogen and oxygen atoms in total. The molecule has 13 heteroatoms. The minimum Gasteiger partial charge on any atom is -0.459 e. The number of rotatable bonds is 8. The normalized spacial score (nSPS) is 51.0. The smallest absolute Gasteiger partial charge is 0.311 e. The first-order valence-corrected chi connectivity index (χ1v) is 17.8. The summed E-state index contributed by atoms with van der Waals surface area (Å²) in [6, 6.07) is -0.565. The Morgan fingerprint density at radius 3 is 2.29 bits per heavy atom. The van der Waals surface area contributed by atoms with E-state index in [1.807, 2.05) is 34.6 Å². The number of hydrogen-bond acceptors (Lipinski definition) is 13. The molecular formula is C35H63NO12. The SMILES string of the molecule is CC[C@@H](O)[C@@](C)(O)[C@@H]1OC(=O)[C@H](C)[C@@H](O[C@H]2CC(C)(OC)[C@@H](O)C(C)O2)[C@H](C)[C@@H](O[C@@H]2OC(C)CC(N)C2O)[C@]2(C)CC(C)C(O2)[C@@H]1C. The number of fused-ring (bicyclic) bond motifs is 2. The van der Waals surface area contributed by atoms with Crippen LogP contribution in [0.25, 0.3) is 0 Å². The third kappa shape index (κ3) is 7.62. The van der Waals surface area contributed by atoms with Gasteiger partial charge in [-0.25, -0.2) is 0 Å². The predicted molar refractivity (Wildman–Crippen MR) is 174 cm³/mol. The fraction of sp³-hybridized carbons (Fsp3) is 0.971. The van der Waals surface area contributed by atoms with Gasteiger partial charge in [-0.15, -0.1) is 0 Å². The molecule has 4 fully saturated rings. The Morgan fingerprint density at radius 1 is 1.04 bits per heavy atom. The Balaban J connectivity index is 1.81. The summed E-state index contributed by atoms with van der Waals surface area (Å²) in [6.45, 7) is 18.1. The summed E-state index contributed by atoms with van der Waals surface area (Å²) in [5, 5.41) is 44.6. The van der Waals surface area contributed by atoms with Crippen molar-refractivity contribution in [1.29, 1.82) is 0 Å². The van der Waals surface area contributed by atoms with Crippen LogP contribution in [0.5, 0.6) is 0 Å². The summed E-state index contributed by atoms with van der Waals surface area (Å²) in [7, 11) is 1.52. The second-order valence-electron chi connectivity index (χ2n) is 15.9. The zero-order valence-electron chi connectivity index (χ0n) is 30.7. The summed E-state index contributed by atoms with van der Waals surface area (Å²) in [5.41, 5.74) is 2.55. The van der Waals surface area contributed by atoms with E-state index in [9.17, 15) is 25.2 Å². The van der Waals surface area contributed by atoms with Gasteiger partial charge >= 0.3 is 5.97 Å². The largest absolute Gasteiger partial charge is 0.459 e. The van der Waals surface area contributed by atoms with Gasteiger partial charge in [0.05, 0.1) is 53.7 Å². The second-order valence-corrected chi connectivity index (χ2v) is 15.9. The molecule has 0 aromatic carbocycles. The van der Waals surface area contributed by atoms with Crippen molar-refractivity contribution in [3.8, 4) is 0 Å². The van der Waals surface area contributed by atoms with E-state index in [0.29, 0.717) is 12.8 Å². The number of methoxy groups -OCH3 is 1. The first-order chi connectivity index (χ1) is 22.2. The maximum Gasteiger partial charge on any atom is 0.311 e. The molecule has 0 saturated carbocycles. The first-order valence-electron chi connectivity index (χ1n) is 17.8. The van der Waals surface area contributed by atoms with Crippen LogP contribution in [0.15, 0.2) is 0 Å². The molecule has 6 N–H and O–H groups in total. The molecule has 4 aliphatic heterocycles. The highest BCUT2D eigenvalue weighted by Crippen LogP contribution is 2.48. The lowest BCUT2D eigenvalue weighted by Crippen LogP contribution is -2.60. The molecule has 0 aliphatic carbocycles. The van der Waals surface area contributed by atoms with Crippen LogP contribution in [0.1, 0.15) is 94.9 Å². The van der Waals surface area contributed by atoms with Gasteiger partial charge < -0.3 is 59.3 Å².